The molecular weight excluding hydrogens is 708 g/mol. The number of ketones is 2. The minimum Gasteiger partial charge on any atom is -0.389 e. The first kappa shape index (κ1) is 54.6. The van der Waals surface area contributed by atoms with Crippen molar-refractivity contribution in [2.45, 2.75) is 149 Å². The number of aliphatic hydroxyl groups is 1. The van der Waals surface area contributed by atoms with E-state index in [1.54, 1.807) is 20.9 Å². The highest BCUT2D eigenvalue weighted by atomic mass is 16.5. The Morgan fingerprint density at radius 1 is 0.527 bits per heavy atom. The summed E-state index contributed by atoms with van der Waals surface area (Å²) < 4.78 is 21.0. The molecule has 0 aromatic carbocycles. The molecule has 0 aliphatic rings. The lowest BCUT2D eigenvalue weighted by Gasteiger charge is -2.13. The van der Waals surface area contributed by atoms with Crippen LogP contribution < -0.4 is 21.3 Å². The maximum absolute atomic E-state index is 11.7. The lowest BCUT2D eigenvalue weighted by Crippen LogP contribution is -2.36. The Labute approximate surface area is 333 Å². The molecule has 0 aliphatic heterocycles. The molecule has 5 N–H and O–H groups in total. The quantitative estimate of drug-likeness (QED) is 0.0547. The van der Waals surface area contributed by atoms with Crippen molar-refractivity contribution in [3.63, 3.8) is 0 Å². The highest BCUT2D eigenvalue weighted by molar-refractivity contribution is 5.84. The van der Waals surface area contributed by atoms with Gasteiger partial charge in [-0.15, -0.1) is 0 Å². The summed E-state index contributed by atoms with van der Waals surface area (Å²) in [6.45, 7) is 8.23. The van der Waals surface area contributed by atoms with Crippen LogP contribution >= 0.6 is 0 Å². The summed E-state index contributed by atoms with van der Waals surface area (Å²) in [7, 11) is 1.67. The number of nitrogens with one attached hydrogen (secondary N) is 4. The van der Waals surface area contributed by atoms with Gasteiger partial charge in [-0.1, -0.05) is 97.3 Å². The Balaban J connectivity index is 0. The molecule has 0 heterocycles. The van der Waals surface area contributed by atoms with E-state index in [4.69, 9.17) is 24.1 Å². The molecule has 3 amide bonds. The standard InChI is InChI=1S/C23H44N4O9.C18H36O/c1-3-21(30)26-8-10-33-12-15-36-18-23(32)27-9-11-34-13-14-35-17-22(31)25-7-5-4-6-19(24-2)20(29)16-28;1-3-4-5-6-7-8-9-10-11-12-13-14-15-16-17-18(2)19/h19,24,28H,3-18H2,1-2H3,(H,25,31)(H,26,30)(H,27,32);3-17H2,1-2H3/t19-;/m0./s1. The maximum atomic E-state index is 11.7. The molecule has 0 rings (SSSR count). The molecule has 0 aromatic rings. The molecule has 0 unspecified atom stereocenters. The molecule has 14 heteroatoms. The van der Waals surface area contributed by atoms with Crippen LogP contribution in [0.3, 0.4) is 0 Å². The van der Waals surface area contributed by atoms with Crippen LogP contribution in [-0.4, -0.2) is 127 Å². The maximum Gasteiger partial charge on any atom is 0.246 e. The summed E-state index contributed by atoms with van der Waals surface area (Å²) in [4.78, 5) is 56.6. The van der Waals surface area contributed by atoms with Crippen molar-refractivity contribution in [1.29, 1.82) is 0 Å². The summed E-state index contributed by atoms with van der Waals surface area (Å²) in [6.07, 6.45) is 22.6. The first-order valence-electron chi connectivity index (χ1n) is 21.1. The number of unbranched alkanes of at least 4 members (excludes halogenated alkanes) is 14. The van der Waals surface area contributed by atoms with Crippen LogP contribution in [0.4, 0.5) is 0 Å². The predicted molar refractivity (Wildman–Crippen MR) is 217 cm³/mol. The Morgan fingerprint density at radius 2 is 0.964 bits per heavy atom. The van der Waals surface area contributed by atoms with E-state index in [1.165, 1.54) is 83.5 Å². The van der Waals surface area contributed by atoms with Crippen LogP contribution in [0.2, 0.25) is 0 Å². The summed E-state index contributed by atoms with van der Waals surface area (Å²) in [5.74, 6) is -0.405. The van der Waals surface area contributed by atoms with Crippen molar-refractivity contribution in [1.82, 2.24) is 21.3 Å². The zero-order chi connectivity index (χ0) is 41.0. The lowest BCUT2D eigenvalue weighted by molar-refractivity contribution is -0.127. The number of amides is 3. The topological polar surface area (TPSA) is 191 Å². The van der Waals surface area contributed by atoms with Crippen molar-refractivity contribution >= 4 is 29.3 Å². The molecule has 0 spiro atoms. The van der Waals surface area contributed by atoms with Gasteiger partial charge >= 0.3 is 0 Å². The van der Waals surface area contributed by atoms with Gasteiger partial charge < -0.3 is 50.1 Å². The smallest absolute Gasteiger partial charge is 0.246 e. The molecule has 324 valence electrons. The van der Waals surface area contributed by atoms with Crippen LogP contribution in [-0.2, 0) is 42.9 Å². The van der Waals surface area contributed by atoms with Gasteiger partial charge in [-0.25, -0.2) is 0 Å². The summed E-state index contributed by atoms with van der Waals surface area (Å²) in [5.41, 5.74) is 0. The second kappa shape index (κ2) is 44.2. The van der Waals surface area contributed by atoms with Gasteiger partial charge in [0.25, 0.3) is 0 Å². The van der Waals surface area contributed by atoms with Crippen molar-refractivity contribution in [2.24, 2.45) is 0 Å². The normalized spacial score (nSPS) is 11.4. The summed E-state index contributed by atoms with van der Waals surface area (Å²) in [6, 6.07) is -0.362. The number of Topliss-reactive ketones (excluding diaryl/α,β-unsaturated/α-hetero) is 2. The fourth-order valence-corrected chi connectivity index (χ4v) is 5.37. The van der Waals surface area contributed by atoms with E-state index in [2.05, 4.69) is 28.2 Å². The SMILES string of the molecule is CCC(=O)NCCOCCOCC(=O)NCCOCCOCC(=O)NCCCC[C@H](NC)C(=O)CO.CCCCCCCCCCCCCCCCC(C)=O. The lowest BCUT2D eigenvalue weighted by atomic mass is 10.0. The summed E-state index contributed by atoms with van der Waals surface area (Å²) >= 11 is 0. The van der Waals surface area contributed by atoms with Crippen LogP contribution in [0.5, 0.6) is 0 Å². The molecule has 0 aromatic heterocycles. The average Bonchev–Trinajstić information content (AvgIpc) is 3.18. The minimum absolute atomic E-state index is 0.0238. The largest absolute Gasteiger partial charge is 0.389 e. The number of carbonyl (C=O) groups is 5. The second-order valence-electron chi connectivity index (χ2n) is 13.7. The van der Waals surface area contributed by atoms with Gasteiger partial charge in [-0.3, -0.25) is 19.2 Å². The number of likely N-dealkylation sites (N-methyl/N-ethyl adjacent to an activating group) is 1. The first-order chi connectivity index (χ1) is 26.7. The van der Waals surface area contributed by atoms with E-state index in [-0.39, 0.29) is 56.0 Å². The first-order valence-corrected chi connectivity index (χ1v) is 21.1. The number of carbonyl (C=O) groups excluding carboxylic acids is 5. The monoisotopic (exact) mass is 789 g/mol. The van der Waals surface area contributed by atoms with Gasteiger partial charge in [0.1, 0.15) is 25.6 Å². The van der Waals surface area contributed by atoms with E-state index >= 15 is 0 Å². The molecule has 0 fully saturated rings. The molecule has 14 nitrogen and oxygen atoms in total. The molecule has 0 saturated carbocycles. The minimum atomic E-state index is -0.478. The number of rotatable bonds is 40. The van der Waals surface area contributed by atoms with Gasteiger partial charge in [-0.05, 0) is 39.7 Å². The molecule has 0 aliphatic carbocycles. The van der Waals surface area contributed by atoms with E-state index in [0.717, 1.165) is 25.7 Å². The third kappa shape index (κ3) is 44.1. The van der Waals surface area contributed by atoms with Crippen LogP contribution in [0.15, 0.2) is 0 Å². The second-order valence-corrected chi connectivity index (χ2v) is 13.7. The molecule has 0 radical (unpaired) electrons. The van der Waals surface area contributed by atoms with Crippen molar-refractivity contribution in [3.05, 3.63) is 0 Å². The zero-order valence-corrected chi connectivity index (χ0v) is 35.1. The molecule has 1 atom stereocenters. The highest BCUT2D eigenvalue weighted by Crippen LogP contribution is 2.13. The van der Waals surface area contributed by atoms with Gasteiger partial charge in [0, 0.05) is 32.5 Å². The van der Waals surface area contributed by atoms with Gasteiger partial charge in [0.05, 0.1) is 45.7 Å². The average molecular weight is 789 g/mol. The Hall–Kier alpha value is -2.49. The molecule has 55 heavy (non-hydrogen) atoms. The molecule has 0 bridgehead atoms. The predicted octanol–water partition coefficient (Wildman–Crippen LogP) is 4.58. The fourth-order valence-electron chi connectivity index (χ4n) is 5.37. The van der Waals surface area contributed by atoms with Gasteiger partial charge in [0.2, 0.25) is 17.7 Å². The van der Waals surface area contributed by atoms with Gasteiger partial charge in [0.15, 0.2) is 5.78 Å². The number of hydrogen-bond acceptors (Lipinski definition) is 11. The highest BCUT2D eigenvalue weighted by Gasteiger charge is 2.14. The van der Waals surface area contributed by atoms with Crippen molar-refractivity contribution < 1.29 is 48.0 Å². The number of aliphatic hydroxyl groups excluding tert-OH is 1. The molecule has 0 saturated heterocycles. The zero-order valence-electron chi connectivity index (χ0n) is 35.1. The van der Waals surface area contributed by atoms with Crippen molar-refractivity contribution in [3.8, 4) is 0 Å². The Kier molecular flexibility index (Phi) is 43.9. The van der Waals surface area contributed by atoms with Crippen LogP contribution in [0.1, 0.15) is 143 Å². The fraction of sp³-hybridized carbons (Fsp3) is 0.878. The van der Waals surface area contributed by atoms with Crippen LogP contribution in [0, 0.1) is 0 Å². The number of ether oxygens (including phenoxy) is 4. The Morgan fingerprint density at radius 3 is 1.40 bits per heavy atom. The van der Waals surface area contributed by atoms with Crippen LogP contribution in [0.25, 0.3) is 0 Å². The third-order valence-corrected chi connectivity index (χ3v) is 8.69. The van der Waals surface area contributed by atoms with E-state index in [9.17, 15) is 24.0 Å². The molecular formula is C41H80N4O10. The van der Waals surface area contributed by atoms with E-state index in [0.29, 0.717) is 64.7 Å². The van der Waals surface area contributed by atoms with E-state index < -0.39 is 6.61 Å². The number of hydrogen-bond donors (Lipinski definition) is 5. The van der Waals surface area contributed by atoms with Gasteiger partial charge in [-0.2, -0.15) is 0 Å². The van der Waals surface area contributed by atoms with E-state index in [1.807, 2.05) is 0 Å². The third-order valence-electron chi connectivity index (χ3n) is 8.69. The van der Waals surface area contributed by atoms with Crippen molar-refractivity contribution in [2.75, 3.05) is 86.1 Å². The Bertz CT molecular complexity index is 926. The summed E-state index contributed by atoms with van der Waals surface area (Å²) in [5, 5.41) is 19.8.